The number of hydrogen-bond acceptors (Lipinski definition) is 3. The molecule has 0 aliphatic carbocycles. The summed E-state index contributed by atoms with van der Waals surface area (Å²) in [6.45, 7) is 1.67. The molecule has 0 saturated carbocycles. The normalized spacial score (nSPS) is 10.7. The Morgan fingerprint density at radius 2 is 2.16 bits per heavy atom. The van der Waals surface area contributed by atoms with Crippen molar-refractivity contribution in [1.29, 1.82) is 0 Å². The lowest BCUT2D eigenvalue weighted by atomic mass is 10.1. The van der Waals surface area contributed by atoms with Gasteiger partial charge in [-0.15, -0.1) is 0 Å². The van der Waals surface area contributed by atoms with E-state index in [2.05, 4.69) is 20.8 Å². The van der Waals surface area contributed by atoms with Crippen LogP contribution in [0.1, 0.15) is 24.8 Å². The molecule has 1 rings (SSSR count). The molecule has 106 valence electrons. The number of hydrogen-bond donors (Lipinski definition) is 1. The van der Waals surface area contributed by atoms with Gasteiger partial charge in [0.2, 0.25) is 0 Å². The third-order valence-corrected chi connectivity index (χ3v) is 3.36. The molecule has 1 aromatic carbocycles. The summed E-state index contributed by atoms with van der Waals surface area (Å²) >= 11 is 3.46. The van der Waals surface area contributed by atoms with Crippen LogP contribution in [-0.2, 0) is 11.3 Å². The van der Waals surface area contributed by atoms with Crippen LogP contribution >= 0.6 is 15.9 Å². The standard InChI is InChI=1S/C14H20BrNO3/c1-16(8-4-3-5-14(17)18)10-11-9-12(15)6-7-13(11)19-2/h6-7,9H,3-5,8,10H2,1-2H3,(H,17,18). The zero-order chi connectivity index (χ0) is 14.3. The van der Waals surface area contributed by atoms with Crippen molar-refractivity contribution in [3.8, 4) is 5.75 Å². The molecule has 0 aliphatic heterocycles. The van der Waals surface area contributed by atoms with Crippen LogP contribution in [0.2, 0.25) is 0 Å². The lowest BCUT2D eigenvalue weighted by Crippen LogP contribution is -2.19. The molecule has 0 fully saturated rings. The summed E-state index contributed by atoms with van der Waals surface area (Å²) < 4.78 is 6.36. The first-order valence-electron chi connectivity index (χ1n) is 6.25. The molecule has 1 N–H and O–H groups in total. The Morgan fingerprint density at radius 1 is 1.42 bits per heavy atom. The highest BCUT2D eigenvalue weighted by Crippen LogP contribution is 2.24. The van der Waals surface area contributed by atoms with Crippen molar-refractivity contribution < 1.29 is 14.6 Å². The van der Waals surface area contributed by atoms with E-state index in [1.54, 1.807) is 7.11 Å². The molecule has 5 heteroatoms. The molecule has 0 spiro atoms. The molecule has 1 aromatic rings. The molecule has 0 saturated heterocycles. The van der Waals surface area contributed by atoms with Crippen LogP contribution in [0, 0.1) is 0 Å². The number of unbranched alkanes of at least 4 members (excludes halogenated alkanes) is 1. The zero-order valence-corrected chi connectivity index (χ0v) is 12.9. The molecule has 19 heavy (non-hydrogen) atoms. The molecule has 0 heterocycles. The van der Waals surface area contributed by atoms with Gasteiger partial charge in [-0.05, 0) is 44.6 Å². The van der Waals surface area contributed by atoms with E-state index in [4.69, 9.17) is 9.84 Å². The Kier molecular flexibility index (Phi) is 6.87. The van der Waals surface area contributed by atoms with E-state index in [1.807, 2.05) is 25.2 Å². The zero-order valence-electron chi connectivity index (χ0n) is 11.4. The third kappa shape index (κ3) is 6.07. The highest BCUT2D eigenvalue weighted by atomic mass is 79.9. The number of ether oxygens (including phenoxy) is 1. The quantitative estimate of drug-likeness (QED) is 0.744. The predicted octanol–water partition coefficient (Wildman–Crippen LogP) is 3.14. The molecule has 0 atom stereocenters. The Bertz CT molecular complexity index is 423. The number of carboxylic acid groups (broad SMARTS) is 1. The smallest absolute Gasteiger partial charge is 0.303 e. The van der Waals surface area contributed by atoms with Crippen LogP contribution in [0.4, 0.5) is 0 Å². The van der Waals surface area contributed by atoms with Crippen molar-refractivity contribution >= 4 is 21.9 Å². The number of carboxylic acids is 1. The van der Waals surface area contributed by atoms with Crippen LogP contribution in [-0.4, -0.2) is 36.7 Å². The Balaban J connectivity index is 2.45. The van der Waals surface area contributed by atoms with E-state index in [0.29, 0.717) is 0 Å². The number of rotatable bonds is 8. The first kappa shape index (κ1) is 16.0. The molecule has 4 nitrogen and oxygen atoms in total. The van der Waals surface area contributed by atoms with E-state index in [9.17, 15) is 4.79 Å². The van der Waals surface area contributed by atoms with Gasteiger partial charge < -0.3 is 14.7 Å². The van der Waals surface area contributed by atoms with Gasteiger partial charge in [0, 0.05) is 23.0 Å². The summed E-state index contributed by atoms with van der Waals surface area (Å²) in [5.41, 5.74) is 1.12. The average Bonchev–Trinajstić information content (AvgIpc) is 2.35. The van der Waals surface area contributed by atoms with E-state index in [1.165, 1.54) is 0 Å². The van der Waals surface area contributed by atoms with Crippen molar-refractivity contribution in [3.05, 3.63) is 28.2 Å². The maximum atomic E-state index is 10.4. The topological polar surface area (TPSA) is 49.8 Å². The minimum atomic E-state index is -0.726. The molecule has 0 unspecified atom stereocenters. The SMILES string of the molecule is COc1ccc(Br)cc1CN(C)CCCCC(=O)O. The molecule has 0 radical (unpaired) electrons. The van der Waals surface area contributed by atoms with Crippen LogP contribution in [0.15, 0.2) is 22.7 Å². The Hall–Kier alpha value is -1.07. The second kappa shape index (κ2) is 8.17. The summed E-state index contributed by atoms with van der Waals surface area (Å²) in [4.78, 5) is 12.6. The van der Waals surface area contributed by atoms with Crippen molar-refractivity contribution in [2.45, 2.75) is 25.8 Å². The monoisotopic (exact) mass is 329 g/mol. The largest absolute Gasteiger partial charge is 0.496 e. The van der Waals surface area contributed by atoms with Gasteiger partial charge in [0.25, 0.3) is 0 Å². The van der Waals surface area contributed by atoms with Crippen LogP contribution < -0.4 is 4.74 Å². The molecule has 0 aromatic heterocycles. The number of methoxy groups -OCH3 is 1. The van der Waals surface area contributed by atoms with Gasteiger partial charge in [0.1, 0.15) is 5.75 Å². The number of nitrogens with zero attached hydrogens (tertiary/aromatic N) is 1. The van der Waals surface area contributed by atoms with Crippen molar-refractivity contribution in [2.75, 3.05) is 20.7 Å². The summed E-state index contributed by atoms with van der Waals surface area (Å²) in [6, 6.07) is 5.94. The maximum absolute atomic E-state index is 10.4. The van der Waals surface area contributed by atoms with E-state index in [0.717, 1.165) is 41.7 Å². The molecule has 0 aliphatic rings. The number of benzene rings is 1. The highest BCUT2D eigenvalue weighted by molar-refractivity contribution is 9.10. The summed E-state index contributed by atoms with van der Waals surface area (Å²) in [5.74, 6) is 0.150. The summed E-state index contributed by atoms with van der Waals surface area (Å²) in [7, 11) is 3.70. The Labute approximate surface area is 122 Å². The maximum Gasteiger partial charge on any atom is 0.303 e. The minimum absolute atomic E-state index is 0.244. The molecule has 0 amide bonds. The molecular weight excluding hydrogens is 310 g/mol. The first-order valence-corrected chi connectivity index (χ1v) is 7.05. The van der Waals surface area contributed by atoms with Crippen LogP contribution in [0.5, 0.6) is 5.75 Å². The highest BCUT2D eigenvalue weighted by Gasteiger charge is 2.07. The molecule has 0 bridgehead atoms. The predicted molar refractivity (Wildman–Crippen MR) is 78.5 cm³/mol. The van der Waals surface area contributed by atoms with Gasteiger partial charge in [-0.25, -0.2) is 0 Å². The van der Waals surface area contributed by atoms with E-state index in [-0.39, 0.29) is 6.42 Å². The number of carbonyl (C=O) groups is 1. The van der Waals surface area contributed by atoms with Gasteiger partial charge in [-0.2, -0.15) is 0 Å². The molecular formula is C14H20BrNO3. The number of halogens is 1. The van der Waals surface area contributed by atoms with Gasteiger partial charge in [-0.1, -0.05) is 15.9 Å². The van der Waals surface area contributed by atoms with Gasteiger partial charge in [-0.3, -0.25) is 4.79 Å². The average molecular weight is 330 g/mol. The van der Waals surface area contributed by atoms with Crippen molar-refractivity contribution in [3.63, 3.8) is 0 Å². The fourth-order valence-corrected chi connectivity index (χ4v) is 2.31. The minimum Gasteiger partial charge on any atom is -0.496 e. The lowest BCUT2D eigenvalue weighted by molar-refractivity contribution is -0.137. The first-order chi connectivity index (χ1) is 9.02. The fourth-order valence-electron chi connectivity index (χ4n) is 1.90. The number of aliphatic carboxylic acids is 1. The van der Waals surface area contributed by atoms with Gasteiger partial charge in [0.15, 0.2) is 0 Å². The van der Waals surface area contributed by atoms with Crippen molar-refractivity contribution in [1.82, 2.24) is 4.90 Å². The second-order valence-corrected chi connectivity index (χ2v) is 5.46. The fraction of sp³-hybridized carbons (Fsp3) is 0.500. The van der Waals surface area contributed by atoms with Crippen LogP contribution in [0.25, 0.3) is 0 Å². The van der Waals surface area contributed by atoms with Crippen LogP contribution in [0.3, 0.4) is 0 Å². The summed E-state index contributed by atoms with van der Waals surface area (Å²) in [6.07, 6.45) is 1.85. The van der Waals surface area contributed by atoms with E-state index >= 15 is 0 Å². The van der Waals surface area contributed by atoms with E-state index < -0.39 is 5.97 Å². The van der Waals surface area contributed by atoms with Crippen molar-refractivity contribution in [2.24, 2.45) is 0 Å². The summed E-state index contributed by atoms with van der Waals surface area (Å²) in [5, 5.41) is 8.58. The Morgan fingerprint density at radius 3 is 2.79 bits per heavy atom. The third-order valence-electron chi connectivity index (χ3n) is 2.86. The second-order valence-electron chi connectivity index (χ2n) is 4.54. The van der Waals surface area contributed by atoms with Gasteiger partial charge >= 0.3 is 5.97 Å². The lowest BCUT2D eigenvalue weighted by Gasteiger charge is -2.18. The van der Waals surface area contributed by atoms with Gasteiger partial charge in [0.05, 0.1) is 7.11 Å².